The lowest BCUT2D eigenvalue weighted by molar-refractivity contribution is 0.160. The van der Waals surface area contributed by atoms with Gasteiger partial charge in [-0.05, 0) is 36.6 Å². The summed E-state index contributed by atoms with van der Waals surface area (Å²) in [6.45, 7) is 3.78. The highest BCUT2D eigenvalue weighted by Crippen LogP contribution is 2.26. The normalized spacial score (nSPS) is 21.5. The summed E-state index contributed by atoms with van der Waals surface area (Å²) < 4.78 is 18.0. The molecule has 88 valence electrons. The van der Waals surface area contributed by atoms with Gasteiger partial charge in [-0.25, -0.2) is 4.98 Å². The van der Waals surface area contributed by atoms with E-state index in [0.717, 1.165) is 38.2 Å². The largest absolute Gasteiger partial charge is 0.383 e. The van der Waals surface area contributed by atoms with Crippen LogP contribution in [0.5, 0.6) is 0 Å². The molecule has 4 heteroatoms. The second-order valence-electron chi connectivity index (χ2n) is 4.19. The molecule has 0 radical (unpaired) electrons. The molecular weight excluding hydrogens is 207 g/mol. The van der Waals surface area contributed by atoms with Gasteiger partial charge in [0.2, 0.25) is 5.95 Å². The fraction of sp³-hybridized carbons (Fsp3) is 0.583. The number of likely N-dealkylation sites (tertiary alicyclic amines) is 1. The first-order valence-electron chi connectivity index (χ1n) is 5.62. The van der Waals surface area contributed by atoms with Crippen LogP contribution in [-0.4, -0.2) is 43.2 Å². The lowest BCUT2D eigenvalue weighted by Crippen LogP contribution is -2.24. The van der Waals surface area contributed by atoms with Gasteiger partial charge in [0.1, 0.15) is 0 Å². The van der Waals surface area contributed by atoms with Gasteiger partial charge in [-0.2, -0.15) is 4.39 Å². The molecule has 0 bridgehead atoms. The average Bonchev–Trinajstić information content (AvgIpc) is 2.75. The Morgan fingerprint density at radius 3 is 3.25 bits per heavy atom. The highest BCUT2D eigenvalue weighted by atomic mass is 19.1. The van der Waals surface area contributed by atoms with Crippen molar-refractivity contribution in [2.24, 2.45) is 0 Å². The van der Waals surface area contributed by atoms with Crippen LogP contribution in [-0.2, 0) is 4.74 Å². The predicted molar refractivity (Wildman–Crippen MR) is 59.9 cm³/mol. The van der Waals surface area contributed by atoms with Crippen LogP contribution in [0.4, 0.5) is 4.39 Å². The molecule has 2 rings (SSSR count). The summed E-state index contributed by atoms with van der Waals surface area (Å²) in [4.78, 5) is 5.93. The summed E-state index contributed by atoms with van der Waals surface area (Å²) in [6.07, 6.45) is 2.63. The number of hydrogen-bond donors (Lipinski definition) is 0. The standard InChI is InChI=1S/C12H17FN2O/c1-16-7-6-15-5-3-11(9-15)10-2-4-14-12(13)8-10/h2,4,8,11H,3,5-7,9H2,1H3/t11-/m1/s1. The Kier molecular flexibility index (Phi) is 3.85. The Morgan fingerprint density at radius 2 is 2.50 bits per heavy atom. The van der Waals surface area contributed by atoms with Gasteiger partial charge < -0.3 is 9.64 Å². The molecule has 1 aliphatic rings. The maximum atomic E-state index is 13.0. The zero-order valence-corrected chi connectivity index (χ0v) is 9.53. The number of ether oxygens (including phenoxy) is 1. The molecule has 0 saturated carbocycles. The average molecular weight is 224 g/mol. The topological polar surface area (TPSA) is 25.4 Å². The molecule has 16 heavy (non-hydrogen) atoms. The Labute approximate surface area is 95.2 Å². The van der Waals surface area contributed by atoms with Crippen LogP contribution in [0.3, 0.4) is 0 Å². The van der Waals surface area contributed by atoms with Crippen LogP contribution in [0.15, 0.2) is 18.3 Å². The quantitative estimate of drug-likeness (QED) is 0.727. The maximum Gasteiger partial charge on any atom is 0.213 e. The minimum Gasteiger partial charge on any atom is -0.383 e. The molecule has 2 heterocycles. The van der Waals surface area contributed by atoms with E-state index in [2.05, 4.69) is 9.88 Å². The number of rotatable bonds is 4. The molecular formula is C12H17FN2O. The van der Waals surface area contributed by atoms with E-state index < -0.39 is 0 Å². The lowest BCUT2D eigenvalue weighted by Gasteiger charge is -2.15. The van der Waals surface area contributed by atoms with Gasteiger partial charge in [-0.15, -0.1) is 0 Å². The van der Waals surface area contributed by atoms with Crippen molar-refractivity contribution in [1.29, 1.82) is 0 Å². The van der Waals surface area contributed by atoms with Gasteiger partial charge in [0.25, 0.3) is 0 Å². The lowest BCUT2D eigenvalue weighted by atomic mass is 10.00. The third kappa shape index (κ3) is 2.77. The summed E-state index contributed by atoms with van der Waals surface area (Å²) >= 11 is 0. The summed E-state index contributed by atoms with van der Waals surface area (Å²) in [7, 11) is 1.71. The number of aromatic nitrogens is 1. The van der Waals surface area contributed by atoms with Gasteiger partial charge in [-0.3, -0.25) is 0 Å². The highest BCUT2D eigenvalue weighted by Gasteiger charge is 2.23. The number of methoxy groups -OCH3 is 1. The number of nitrogens with zero attached hydrogens (tertiary/aromatic N) is 2. The molecule has 0 amide bonds. The van der Waals surface area contributed by atoms with Crippen LogP contribution in [0.25, 0.3) is 0 Å². The van der Waals surface area contributed by atoms with E-state index in [-0.39, 0.29) is 5.95 Å². The fourth-order valence-corrected chi connectivity index (χ4v) is 2.20. The van der Waals surface area contributed by atoms with Gasteiger partial charge >= 0.3 is 0 Å². The molecule has 1 fully saturated rings. The van der Waals surface area contributed by atoms with E-state index in [4.69, 9.17) is 4.74 Å². The van der Waals surface area contributed by atoms with Crippen molar-refractivity contribution in [3.63, 3.8) is 0 Å². The third-order valence-corrected chi connectivity index (χ3v) is 3.11. The van der Waals surface area contributed by atoms with Crippen molar-refractivity contribution >= 4 is 0 Å². The molecule has 0 N–H and O–H groups in total. The van der Waals surface area contributed by atoms with Crippen molar-refractivity contribution < 1.29 is 9.13 Å². The summed E-state index contributed by atoms with van der Waals surface area (Å²) in [6, 6.07) is 3.46. The summed E-state index contributed by atoms with van der Waals surface area (Å²) in [5, 5.41) is 0. The van der Waals surface area contributed by atoms with Crippen molar-refractivity contribution in [3.8, 4) is 0 Å². The SMILES string of the molecule is COCCN1CC[C@@H](c2ccnc(F)c2)C1. The molecule has 0 aromatic carbocycles. The fourth-order valence-electron chi connectivity index (χ4n) is 2.20. The predicted octanol–water partition coefficient (Wildman–Crippen LogP) is 1.66. The first-order valence-corrected chi connectivity index (χ1v) is 5.62. The number of hydrogen-bond acceptors (Lipinski definition) is 3. The van der Waals surface area contributed by atoms with Gasteiger partial charge in [-0.1, -0.05) is 0 Å². The van der Waals surface area contributed by atoms with Crippen LogP contribution in [0.1, 0.15) is 17.9 Å². The number of halogens is 1. The van der Waals surface area contributed by atoms with E-state index in [0.29, 0.717) is 5.92 Å². The Morgan fingerprint density at radius 1 is 1.62 bits per heavy atom. The second-order valence-corrected chi connectivity index (χ2v) is 4.19. The van der Waals surface area contributed by atoms with E-state index in [9.17, 15) is 4.39 Å². The first-order chi connectivity index (χ1) is 7.79. The maximum absolute atomic E-state index is 13.0. The van der Waals surface area contributed by atoms with Crippen molar-refractivity contribution in [2.75, 3.05) is 33.4 Å². The molecule has 1 aliphatic heterocycles. The monoisotopic (exact) mass is 224 g/mol. The second kappa shape index (κ2) is 5.37. The third-order valence-electron chi connectivity index (χ3n) is 3.11. The van der Waals surface area contributed by atoms with Crippen LogP contribution in [0.2, 0.25) is 0 Å². The van der Waals surface area contributed by atoms with Gasteiger partial charge in [0.05, 0.1) is 6.61 Å². The van der Waals surface area contributed by atoms with E-state index in [1.807, 2.05) is 6.07 Å². The minimum absolute atomic E-state index is 0.382. The summed E-state index contributed by atoms with van der Waals surface area (Å²) in [5.74, 6) is 0.0576. The van der Waals surface area contributed by atoms with Crippen LogP contribution < -0.4 is 0 Å². The highest BCUT2D eigenvalue weighted by molar-refractivity contribution is 5.18. The van der Waals surface area contributed by atoms with E-state index in [1.165, 1.54) is 0 Å². The molecule has 0 unspecified atom stereocenters. The molecule has 0 spiro atoms. The van der Waals surface area contributed by atoms with Crippen molar-refractivity contribution in [1.82, 2.24) is 9.88 Å². The first kappa shape index (κ1) is 11.5. The Hall–Kier alpha value is -1.00. The van der Waals surface area contributed by atoms with Crippen molar-refractivity contribution in [2.45, 2.75) is 12.3 Å². The van der Waals surface area contributed by atoms with Gasteiger partial charge in [0.15, 0.2) is 0 Å². The molecule has 1 aromatic rings. The van der Waals surface area contributed by atoms with Crippen molar-refractivity contribution in [3.05, 3.63) is 29.8 Å². The molecule has 3 nitrogen and oxygen atoms in total. The number of pyridine rings is 1. The van der Waals surface area contributed by atoms with Crippen LogP contribution in [0, 0.1) is 5.95 Å². The zero-order chi connectivity index (χ0) is 11.4. The molecule has 1 aromatic heterocycles. The minimum atomic E-state index is -0.382. The molecule has 0 aliphatic carbocycles. The smallest absolute Gasteiger partial charge is 0.213 e. The summed E-state index contributed by atoms with van der Waals surface area (Å²) in [5.41, 5.74) is 1.06. The Balaban J connectivity index is 1.93. The van der Waals surface area contributed by atoms with E-state index >= 15 is 0 Å². The zero-order valence-electron chi connectivity index (χ0n) is 9.53. The van der Waals surface area contributed by atoms with Crippen LogP contribution >= 0.6 is 0 Å². The molecule has 1 saturated heterocycles. The van der Waals surface area contributed by atoms with E-state index in [1.54, 1.807) is 19.4 Å². The van der Waals surface area contributed by atoms with Gasteiger partial charge in [0, 0.05) is 26.4 Å². The Bertz CT molecular complexity index is 346. The molecule has 1 atom stereocenters.